The Morgan fingerprint density at radius 3 is 2.74 bits per heavy atom. The second kappa shape index (κ2) is 7.04. The van der Waals surface area contributed by atoms with Gasteiger partial charge in [0.15, 0.2) is 12.0 Å². The summed E-state index contributed by atoms with van der Waals surface area (Å²) in [5, 5.41) is 28.7. The minimum Gasteiger partial charge on any atom is -0.463 e. The Morgan fingerprint density at radius 1 is 1.48 bits per heavy atom. The third-order valence-corrected chi connectivity index (χ3v) is 3.42. The molecule has 0 spiro atoms. The van der Waals surface area contributed by atoms with Gasteiger partial charge in [-0.15, -0.1) is 0 Å². The van der Waals surface area contributed by atoms with Crippen molar-refractivity contribution < 1.29 is 29.7 Å². The summed E-state index contributed by atoms with van der Waals surface area (Å²) in [6, 6.07) is 1.29. The molecule has 0 aliphatic carbocycles. The normalized spacial score (nSPS) is 27.2. The Morgan fingerprint density at radius 2 is 2.17 bits per heavy atom. The van der Waals surface area contributed by atoms with Crippen LogP contribution in [0.15, 0.2) is 17.1 Å². The molecule has 4 atom stereocenters. The van der Waals surface area contributed by atoms with Crippen molar-refractivity contribution >= 4 is 11.8 Å². The van der Waals surface area contributed by atoms with E-state index in [9.17, 15) is 19.8 Å². The molecule has 0 aromatic carbocycles. The zero-order valence-corrected chi connectivity index (χ0v) is 12.6. The number of nitrogens with zero attached hydrogens (tertiary/aromatic N) is 2. The van der Waals surface area contributed by atoms with Crippen LogP contribution >= 0.6 is 0 Å². The average Bonchev–Trinajstić information content (AvgIpc) is 2.80. The molecule has 0 saturated carbocycles. The first kappa shape index (κ1) is 17.3. The molecule has 0 amide bonds. The van der Waals surface area contributed by atoms with Crippen LogP contribution in [0.5, 0.6) is 0 Å². The molecule has 4 unspecified atom stereocenters. The van der Waals surface area contributed by atoms with Crippen LogP contribution in [0.3, 0.4) is 0 Å². The van der Waals surface area contributed by atoms with E-state index in [-0.39, 0.29) is 18.3 Å². The van der Waals surface area contributed by atoms with E-state index in [2.05, 4.69) is 4.98 Å². The van der Waals surface area contributed by atoms with Crippen LogP contribution in [0, 0.1) is 5.92 Å². The molecule has 10 heteroatoms. The summed E-state index contributed by atoms with van der Waals surface area (Å²) in [6.45, 7) is 3.08. The van der Waals surface area contributed by atoms with E-state index in [1.807, 2.05) is 0 Å². The number of ether oxygens (including phenoxy) is 2. The van der Waals surface area contributed by atoms with Gasteiger partial charge in [0, 0.05) is 6.20 Å². The number of carbonyl (C=O) groups is 1. The third kappa shape index (κ3) is 3.67. The van der Waals surface area contributed by atoms with Gasteiger partial charge in [-0.1, -0.05) is 13.8 Å². The number of hydrogen-bond acceptors (Lipinski definition) is 9. The van der Waals surface area contributed by atoms with Gasteiger partial charge >= 0.3 is 11.7 Å². The molecule has 1 aromatic rings. The molecule has 2 heterocycles. The minimum absolute atomic E-state index is 0.0679. The minimum atomic E-state index is -1.40. The number of anilines is 1. The Labute approximate surface area is 131 Å². The van der Waals surface area contributed by atoms with E-state index in [4.69, 9.17) is 14.7 Å². The fraction of sp³-hybridized carbons (Fsp3) is 0.615. The van der Waals surface area contributed by atoms with Crippen LogP contribution in [0.4, 0.5) is 5.82 Å². The first-order valence-corrected chi connectivity index (χ1v) is 7.02. The van der Waals surface area contributed by atoms with E-state index in [0.29, 0.717) is 0 Å². The molecule has 0 bridgehead atoms. The number of hydrogen-bond donors (Lipinski definition) is 4. The first-order chi connectivity index (χ1) is 10.8. The number of carbonyl (C=O) groups excluding carboxylic acids is 1. The topological polar surface area (TPSA) is 143 Å². The van der Waals surface area contributed by atoms with Crippen LogP contribution in [-0.2, 0) is 14.3 Å². The molecule has 10 nitrogen and oxygen atoms in total. The summed E-state index contributed by atoms with van der Waals surface area (Å²) in [7, 11) is 0. The Kier molecular flexibility index (Phi) is 5.31. The maximum Gasteiger partial charge on any atom is 0.351 e. The molecule has 0 radical (unpaired) electrons. The fourth-order valence-corrected chi connectivity index (χ4v) is 2.10. The summed E-state index contributed by atoms with van der Waals surface area (Å²) in [4.78, 5) is 26.8. The van der Waals surface area contributed by atoms with Crippen molar-refractivity contribution in [3.63, 3.8) is 0 Å². The summed E-state index contributed by atoms with van der Waals surface area (Å²) in [5.74, 6) is -0.864. The number of esters is 1. The Hall–Kier alpha value is -2.01. The van der Waals surface area contributed by atoms with Crippen molar-refractivity contribution in [1.29, 1.82) is 0 Å². The van der Waals surface area contributed by atoms with E-state index < -0.39 is 36.2 Å². The lowest BCUT2D eigenvalue weighted by Crippen LogP contribution is -2.36. The van der Waals surface area contributed by atoms with Gasteiger partial charge in [-0.05, 0) is 6.07 Å². The quantitative estimate of drug-likeness (QED) is 0.389. The smallest absolute Gasteiger partial charge is 0.351 e. The summed E-state index contributed by atoms with van der Waals surface area (Å²) < 4.78 is 11.4. The van der Waals surface area contributed by atoms with Gasteiger partial charge in [0.1, 0.15) is 24.9 Å². The van der Waals surface area contributed by atoms with E-state index >= 15 is 0 Å². The van der Waals surface area contributed by atoms with Crippen molar-refractivity contribution in [2.75, 3.05) is 12.1 Å². The zero-order valence-electron chi connectivity index (χ0n) is 12.6. The van der Waals surface area contributed by atoms with Crippen molar-refractivity contribution in [1.82, 2.24) is 9.55 Å². The molecule has 128 valence electrons. The highest BCUT2D eigenvalue weighted by molar-refractivity contribution is 5.71. The number of rotatable bonds is 5. The van der Waals surface area contributed by atoms with Crippen LogP contribution in [0.25, 0.3) is 0 Å². The molecular formula is C13H19N3O7. The third-order valence-electron chi connectivity index (χ3n) is 3.42. The highest BCUT2D eigenvalue weighted by atomic mass is 16.6. The molecule has 1 aliphatic heterocycles. The summed E-state index contributed by atoms with van der Waals surface area (Å²) in [6.07, 6.45) is -3.63. The van der Waals surface area contributed by atoms with E-state index in [0.717, 1.165) is 4.57 Å². The lowest BCUT2D eigenvalue weighted by Gasteiger charge is -2.17. The Balaban J connectivity index is 2.10. The molecule has 1 aromatic heterocycles. The molecule has 1 aliphatic rings. The van der Waals surface area contributed by atoms with Gasteiger partial charge in [-0.2, -0.15) is 4.98 Å². The summed E-state index contributed by atoms with van der Waals surface area (Å²) >= 11 is 0. The first-order valence-electron chi connectivity index (χ1n) is 7.02. The van der Waals surface area contributed by atoms with Crippen LogP contribution in [0.2, 0.25) is 0 Å². The monoisotopic (exact) mass is 329 g/mol. The standard InChI is InChI=1S/C13H19N3O7/c1-6(2)12(19)22-5-7-9(17)10(18)11(23-7)16-4-3-8(15-21)14-13(16)20/h3-4,6-7,9-11,17-18,21H,5H2,1-2H3,(H,14,15,20). The molecule has 1 saturated heterocycles. The molecule has 1 fully saturated rings. The van der Waals surface area contributed by atoms with Gasteiger partial charge in [-0.25, -0.2) is 4.79 Å². The molecule has 23 heavy (non-hydrogen) atoms. The highest BCUT2D eigenvalue weighted by Crippen LogP contribution is 2.28. The maximum atomic E-state index is 11.8. The van der Waals surface area contributed by atoms with Gasteiger partial charge in [0.05, 0.1) is 5.92 Å². The highest BCUT2D eigenvalue weighted by Gasteiger charge is 2.44. The van der Waals surface area contributed by atoms with E-state index in [1.54, 1.807) is 19.3 Å². The predicted octanol–water partition coefficient (Wildman–Crippen LogP) is -1.14. The summed E-state index contributed by atoms with van der Waals surface area (Å²) in [5.41, 5.74) is 0.931. The van der Waals surface area contributed by atoms with Gasteiger partial charge in [0.2, 0.25) is 0 Å². The van der Waals surface area contributed by atoms with Gasteiger partial charge in [0.25, 0.3) is 0 Å². The van der Waals surface area contributed by atoms with Crippen molar-refractivity contribution in [2.45, 2.75) is 38.4 Å². The molecule has 4 N–H and O–H groups in total. The molecule has 2 rings (SSSR count). The lowest BCUT2D eigenvalue weighted by atomic mass is 10.1. The number of aromatic nitrogens is 2. The van der Waals surface area contributed by atoms with Crippen molar-refractivity contribution in [3.8, 4) is 0 Å². The van der Waals surface area contributed by atoms with Crippen LogP contribution in [-0.4, -0.2) is 55.9 Å². The Bertz CT molecular complexity index is 618. The fourth-order valence-electron chi connectivity index (χ4n) is 2.10. The number of nitrogens with one attached hydrogen (secondary N) is 1. The molecular weight excluding hydrogens is 310 g/mol. The van der Waals surface area contributed by atoms with Crippen molar-refractivity contribution in [2.24, 2.45) is 5.92 Å². The number of aliphatic hydroxyl groups excluding tert-OH is 2. The zero-order chi connectivity index (χ0) is 17.1. The predicted molar refractivity (Wildman–Crippen MR) is 75.6 cm³/mol. The van der Waals surface area contributed by atoms with Crippen LogP contribution < -0.4 is 11.2 Å². The maximum absolute atomic E-state index is 11.8. The van der Waals surface area contributed by atoms with Gasteiger partial charge in [-0.3, -0.25) is 20.0 Å². The van der Waals surface area contributed by atoms with Crippen LogP contribution in [0.1, 0.15) is 20.1 Å². The van der Waals surface area contributed by atoms with E-state index in [1.165, 1.54) is 12.3 Å². The van der Waals surface area contributed by atoms with Gasteiger partial charge < -0.3 is 19.7 Å². The number of aliphatic hydroxyl groups is 2. The second-order valence-electron chi connectivity index (χ2n) is 5.45. The average molecular weight is 329 g/mol. The SMILES string of the molecule is CC(C)C(=O)OCC1OC(n2ccc(NO)nc2=O)C(O)C1O. The van der Waals surface area contributed by atoms with Crippen molar-refractivity contribution in [3.05, 3.63) is 22.7 Å². The largest absolute Gasteiger partial charge is 0.463 e. The lowest BCUT2D eigenvalue weighted by molar-refractivity contribution is -0.153. The second-order valence-corrected chi connectivity index (χ2v) is 5.45.